The number of likely N-dealkylation sites (N-methyl/N-ethyl adjacent to an activating group) is 1. The molecule has 0 bridgehead atoms. The summed E-state index contributed by atoms with van der Waals surface area (Å²) in [6.07, 6.45) is 6.55. The summed E-state index contributed by atoms with van der Waals surface area (Å²) in [6, 6.07) is 0.638. The zero-order valence-electron chi connectivity index (χ0n) is 14.1. The highest BCUT2D eigenvalue weighted by Gasteiger charge is 2.39. The Bertz CT molecular complexity index is 252. The molecule has 1 aliphatic carbocycles. The van der Waals surface area contributed by atoms with E-state index in [0.29, 0.717) is 6.04 Å². The van der Waals surface area contributed by atoms with E-state index in [-0.39, 0.29) is 5.54 Å². The molecule has 1 aliphatic rings. The molecule has 1 atom stereocenters. The van der Waals surface area contributed by atoms with Crippen molar-refractivity contribution in [3.63, 3.8) is 0 Å². The molecule has 1 rings (SSSR count). The number of nitrogens with zero attached hydrogens (tertiary/aromatic N) is 1. The van der Waals surface area contributed by atoms with Crippen molar-refractivity contribution in [2.75, 3.05) is 13.6 Å². The van der Waals surface area contributed by atoms with E-state index in [0.717, 1.165) is 24.3 Å². The van der Waals surface area contributed by atoms with Gasteiger partial charge in [-0.3, -0.25) is 4.90 Å². The van der Waals surface area contributed by atoms with Crippen molar-refractivity contribution < 1.29 is 0 Å². The van der Waals surface area contributed by atoms with Crippen LogP contribution in [0.5, 0.6) is 0 Å². The van der Waals surface area contributed by atoms with Crippen LogP contribution in [0, 0.1) is 17.8 Å². The van der Waals surface area contributed by atoms with Crippen molar-refractivity contribution in [2.24, 2.45) is 23.5 Å². The van der Waals surface area contributed by atoms with Crippen LogP contribution in [0.2, 0.25) is 0 Å². The minimum atomic E-state index is 0.264. The maximum absolute atomic E-state index is 6.19. The summed E-state index contributed by atoms with van der Waals surface area (Å²) in [7, 11) is 2.30. The largest absolute Gasteiger partial charge is 0.329 e. The van der Waals surface area contributed by atoms with Gasteiger partial charge in [0.2, 0.25) is 0 Å². The molecule has 0 spiro atoms. The molecule has 2 heteroatoms. The molecule has 114 valence electrons. The van der Waals surface area contributed by atoms with Crippen molar-refractivity contribution in [2.45, 2.75) is 78.3 Å². The minimum Gasteiger partial charge on any atom is -0.329 e. The second-order valence-electron chi connectivity index (χ2n) is 7.60. The second kappa shape index (κ2) is 7.08. The van der Waals surface area contributed by atoms with Gasteiger partial charge in [0, 0.05) is 18.1 Å². The first-order valence-electron chi connectivity index (χ1n) is 8.25. The second-order valence-corrected chi connectivity index (χ2v) is 7.60. The van der Waals surface area contributed by atoms with Gasteiger partial charge in [-0.2, -0.15) is 0 Å². The Labute approximate surface area is 121 Å². The lowest BCUT2D eigenvalue weighted by Gasteiger charge is -2.49. The quantitative estimate of drug-likeness (QED) is 0.791. The molecule has 0 amide bonds. The zero-order chi connectivity index (χ0) is 14.6. The third-order valence-electron chi connectivity index (χ3n) is 5.51. The van der Waals surface area contributed by atoms with Crippen LogP contribution in [0.25, 0.3) is 0 Å². The fraction of sp³-hybridized carbons (Fsp3) is 1.00. The van der Waals surface area contributed by atoms with Crippen molar-refractivity contribution in [3.05, 3.63) is 0 Å². The first-order chi connectivity index (χ1) is 8.82. The number of rotatable bonds is 6. The lowest BCUT2D eigenvalue weighted by atomic mass is 9.71. The lowest BCUT2D eigenvalue weighted by molar-refractivity contribution is 0.0227. The summed E-state index contributed by atoms with van der Waals surface area (Å²) in [5.41, 5.74) is 6.45. The van der Waals surface area contributed by atoms with Gasteiger partial charge in [0.15, 0.2) is 0 Å². The van der Waals surface area contributed by atoms with E-state index in [1.54, 1.807) is 0 Å². The average Bonchev–Trinajstić information content (AvgIpc) is 2.37. The highest BCUT2D eigenvalue weighted by Crippen LogP contribution is 2.39. The summed E-state index contributed by atoms with van der Waals surface area (Å²) < 4.78 is 0. The van der Waals surface area contributed by atoms with Gasteiger partial charge in [-0.1, -0.05) is 27.7 Å². The monoisotopic (exact) mass is 268 g/mol. The maximum Gasteiger partial charge on any atom is 0.0331 e. The van der Waals surface area contributed by atoms with Crippen molar-refractivity contribution in [1.29, 1.82) is 0 Å². The normalized spacial score (nSPS) is 30.3. The molecular formula is C17H36N2. The molecule has 0 aliphatic heterocycles. The Kier molecular flexibility index (Phi) is 6.32. The average molecular weight is 268 g/mol. The molecule has 1 saturated carbocycles. The number of nitrogens with two attached hydrogens (primary N) is 1. The van der Waals surface area contributed by atoms with Crippen LogP contribution in [-0.4, -0.2) is 30.1 Å². The van der Waals surface area contributed by atoms with E-state index < -0.39 is 0 Å². The first kappa shape index (κ1) is 17.0. The predicted molar refractivity (Wildman–Crippen MR) is 85.3 cm³/mol. The molecule has 0 saturated heterocycles. The van der Waals surface area contributed by atoms with E-state index >= 15 is 0 Å². The summed E-state index contributed by atoms with van der Waals surface area (Å²) in [5, 5.41) is 0. The zero-order valence-corrected chi connectivity index (χ0v) is 14.1. The van der Waals surface area contributed by atoms with Gasteiger partial charge in [0.05, 0.1) is 0 Å². The van der Waals surface area contributed by atoms with E-state index in [2.05, 4.69) is 46.6 Å². The molecule has 19 heavy (non-hydrogen) atoms. The van der Waals surface area contributed by atoms with Gasteiger partial charge in [-0.25, -0.2) is 0 Å². The summed E-state index contributed by atoms with van der Waals surface area (Å²) in [5.74, 6) is 2.50. The van der Waals surface area contributed by atoms with Gasteiger partial charge in [0.1, 0.15) is 0 Å². The van der Waals surface area contributed by atoms with E-state index in [1.807, 2.05) is 0 Å². The van der Waals surface area contributed by atoms with Gasteiger partial charge < -0.3 is 5.73 Å². The first-order valence-corrected chi connectivity index (χ1v) is 8.25. The van der Waals surface area contributed by atoms with Crippen molar-refractivity contribution >= 4 is 0 Å². The number of hydrogen-bond donors (Lipinski definition) is 1. The maximum atomic E-state index is 6.19. The van der Waals surface area contributed by atoms with E-state index in [4.69, 9.17) is 5.73 Å². The smallest absolute Gasteiger partial charge is 0.0331 e. The Morgan fingerprint density at radius 2 is 1.63 bits per heavy atom. The predicted octanol–water partition coefficient (Wildman–Crippen LogP) is 3.90. The molecular weight excluding hydrogens is 232 g/mol. The molecule has 0 radical (unpaired) electrons. The Hall–Kier alpha value is -0.0800. The lowest BCUT2D eigenvalue weighted by Crippen LogP contribution is -2.57. The third kappa shape index (κ3) is 4.19. The molecule has 2 N–H and O–H groups in total. The van der Waals surface area contributed by atoms with E-state index in [1.165, 1.54) is 32.1 Å². The molecule has 0 aromatic rings. The molecule has 0 aromatic heterocycles. The Balaban J connectivity index is 2.66. The fourth-order valence-electron chi connectivity index (χ4n) is 3.85. The fourth-order valence-corrected chi connectivity index (χ4v) is 3.85. The third-order valence-corrected chi connectivity index (χ3v) is 5.51. The van der Waals surface area contributed by atoms with Gasteiger partial charge in [-0.15, -0.1) is 0 Å². The standard InChI is InChI=1S/C17H36N2/c1-13(2)11-15(5)19(6)17(12-18)9-7-16(8-10-17)14(3)4/h13-16H,7-12,18H2,1-6H3. The molecule has 1 fully saturated rings. The highest BCUT2D eigenvalue weighted by atomic mass is 15.2. The van der Waals surface area contributed by atoms with Crippen LogP contribution in [0.15, 0.2) is 0 Å². The molecule has 0 aromatic carbocycles. The topological polar surface area (TPSA) is 29.3 Å². The van der Waals surface area contributed by atoms with Crippen LogP contribution >= 0.6 is 0 Å². The number of hydrogen-bond acceptors (Lipinski definition) is 2. The summed E-state index contributed by atoms with van der Waals surface area (Å²) in [6.45, 7) is 12.5. The van der Waals surface area contributed by atoms with Gasteiger partial charge in [-0.05, 0) is 63.8 Å². The van der Waals surface area contributed by atoms with E-state index in [9.17, 15) is 0 Å². The van der Waals surface area contributed by atoms with Crippen LogP contribution in [0.3, 0.4) is 0 Å². The van der Waals surface area contributed by atoms with Crippen molar-refractivity contribution in [1.82, 2.24) is 4.90 Å². The van der Waals surface area contributed by atoms with Crippen molar-refractivity contribution in [3.8, 4) is 0 Å². The Morgan fingerprint density at radius 1 is 1.11 bits per heavy atom. The van der Waals surface area contributed by atoms with Crippen LogP contribution < -0.4 is 5.73 Å². The Morgan fingerprint density at radius 3 is 2.00 bits per heavy atom. The van der Waals surface area contributed by atoms with Gasteiger partial charge in [0.25, 0.3) is 0 Å². The SMILES string of the molecule is CC(C)CC(C)N(C)C1(CN)CCC(C(C)C)CC1. The van der Waals surface area contributed by atoms with Crippen LogP contribution in [-0.2, 0) is 0 Å². The molecule has 2 nitrogen and oxygen atoms in total. The minimum absolute atomic E-state index is 0.264. The summed E-state index contributed by atoms with van der Waals surface area (Å²) in [4.78, 5) is 2.60. The van der Waals surface area contributed by atoms with Crippen LogP contribution in [0.1, 0.15) is 66.7 Å². The summed E-state index contributed by atoms with van der Waals surface area (Å²) >= 11 is 0. The van der Waals surface area contributed by atoms with Gasteiger partial charge >= 0.3 is 0 Å². The molecule has 1 unspecified atom stereocenters. The highest BCUT2D eigenvalue weighted by molar-refractivity contribution is 4.96. The molecule has 0 heterocycles. The van der Waals surface area contributed by atoms with Crippen LogP contribution in [0.4, 0.5) is 0 Å².